The van der Waals surface area contributed by atoms with Crippen LogP contribution in [0.15, 0.2) is 34.3 Å². The number of rotatable bonds is 2. The highest BCUT2D eigenvalue weighted by Crippen LogP contribution is 2.27. The minimum atomic E-state index is -0.208. The van der Waals surface area contributed by atoms with E-state index in [1.807, 2.05) is 12.1 Å². The second kappa shape index (κ2) is 5.57. The van der Waals surface area contributed by atoms with E-state index in [0.717, 1.165) is 29.6 Å². The first-order valence-electron chi connectivity index (χ1n) is 5.90. The molecule has 0 spiro atoms. The van der Waals surface area contributed by atoms with Crippen molar-refractivity contribution >= 4 is 27.6 Å². The summed E-state index contributed by atoms with van der Waals surface area (Å²) in [6, 6.07) is 6.25. The Bertz CT molecular complexity index is 497. The molecular formula is C14H16BrNO2. The molecule has 0 amide bonds. The highest BCUT2D eigenvalue weighted by molar-refractivity contribution is 9.10. The highest BCUT2D eigenvalue weighted by atomic mass is 79.9. The Morgan fingerprint density at radius 1 is 1.44 bits per heavy atom. The van der Waals surface area contributed by atoms with Crippen LogP contribution in [0.2, 0.25) is 0 Å². The van der Waals surface area contributed by atoms with Gasteiger partial charge in [-0.3, -0.25) is 0 Å². The maximum atomic E-state index is 11.4. The zero-order valence-corrected chi connectivity index (χ0v) is 12.2. The molecule has 4 heteroatoms. The van der Waals surface area contributed by atoms with Crippen LogP contribution in [0.3, 0.4) is 0 Å². The first-order valence-corrected chi connectivity index (χ1v) is 6.69. The van der Waals surface area contributed by atoms with Crippen LogP contribution in [0.1, 0.15) is 12.0 Å². The first-order chi connectivity index (χ1) is 8.61. The maximum absolute atomic E-state index is 11.4. The Morgan fingerprint density at radius 3 is 2.83 bits per heavy atom. The van der Waals surface area contributed by atoms with Gasteiger partial charge in [-0.2, -0.15) is 0 Å². The lowest BCUT2D eigenvalue weighted by atomic mass is 10.1. The van der Waals surface area contributed by atoms with Crippen molar-refractivity contribution in [3.8, 4) is 0 Å². The summed E-state index contributed by atoms with van der Waals surface area (Å²) >= 11 is 3.49. The molecule has 3 nitrogen and oxygen atoms in total. The number of halogens is 1. The molecule has 1 aromatic rings. The zero-order chi connectivity index (χ0) is 13.1. The minimum absolute atomic E-state index is 0.208. The Balaban J connectivity index is 2.16. The van der Waals surface area contributed by atoms with Crippen molar-refractivity contribution in [1.82, 2.24) is 0 Å². The fourth-order valence-corrected chi connectivity index (χ4v) is 2.48. The Morgan fingerprint density at radius 2 is 2.22 bits per heavy atom. The molecule has 0 fully saturated rings. The van der Waals surface area contributed by atoms with Gasteiger partial charge in [0.1, 0.15) is 0 Å². The van der Waals surface area contributed by atoms with Gasteiger partial charge in [0.15, 0.2) is 0 Å². The predicted octanol–water partition coefficient (Wildman–Crippen LogP) is 3.07. The summed E-state index contributed by atoms with van der Waals surface area (Å²) in [5.74, 6) is -0.208. The van der Waals surface area contributed by atoms with Crippen LogP contribution in [0, 0.1) is 6.92 Å². The smallest absolute Gasteiger partial charge is 0.333 e. The van der Waals surface area contributed by atoms with Gasteiger partial charge >= 0.3 is 5.97 Å². The number of nitrogens with zero attached hydrogens (tertiary/aromatic N) is 1. The number of aryl methyl sites for hydroxylation is 1. The molecule has 1 aliphatic rings. The van der Waals surface area contributed by atoms with Crippen LogP contribution in [0.5, 0.6) is 0 Å². The monoisotopic (exact) mass is 309 g/mol. The Hall–Kier alpha value is -1.29. The SMILES string of the molecule is COC(=O)C1=CCN(c2cc(Br)ccc2C)CC1. The molecule has 0 N–H and O–H groups in total. The fourth-order valence-electron chi connectivity index (χ4n) is 2.13. The molecule has 18 heavy (non-hydrogen) atoms. The molecule has 0 aliphatic carbocycles. The molecule has 2 rings (SSSR count). The van der Waals surface area contributed by atoms with Crippen LogP contribution in [0.4, 0.5) is 5.69 Å². The third-order valence-electron chi connectivity index (χ3n) is 3.17. The van der Waals surface area contributed by atoms with E-state index >= 15 is 0 Å². The number of hydrogen-bond donors (Lipinski definition) is 0. The average Bonchev–Trinajstić information content (AvgIpc) is 2.41. The van der Waals surface area contributed by atoms with Gasteiger partial charge in [0.05, 0.1) is 7.11 Å². The van der Waals surface area contributed by atoms with Crippen LogP contribution in [-0.4, -0.2) is 26.2 Å². The van der Waals surface area contributed by atoms with Crippen molar-refractivity contribution in [3.05, 3.63) is 39.9 Å². The lowest BCUT2D eigenvalue weighted by Crippen LogP contribution is -2.30. The third-order valence-corrected chi connectivity index (χ3v) is 3.66. The molecule has 0 saturated heterocycles. The summed E-state index contributed by atoms with van der Waals surface area (Å²) in [5, 5.41) is 0. The van der Waals surface area contributed by atoms with E-state index in [1.165, 1.54) is 18.4 Å². The van der Waals surface area contributed by atoms with Gasteiger partial charge in [-0.25, -0.2) is 4.79 Å². The number of carbonyl (C=O) groups excluding carboxylic acids is 1. The van der Waals surface area contributed by atoms with Crippen molar-refractivity contribution in [3.63, 3.8) is 0 Å². The summed E-state index contributed by atoms with van der Waals surface area (Å²) in [6.45, 7) is 3.70. The largest absolute Gasteiger partial charge is 0.466 e. The molecule has 96 valence electrons. The van der Waals surface area contributed by atoms with Crippen molar-refractivity contribution in [2.24, 2.45) is 0 Å². The van der Waals surface area contributed by atoms with Gasteiger partial charge in [0, 0.05) is 28.8 Å². The molecule has 1 aromatic carbocycles. The van der Waals surface area contributed by atoms with Gasteiger partial charge in [0.2, 0.25) is 0 Å². The van der Waals surface area contributed by atoms with E-state index in [-0.39, 0.29) is 5.97 Å². The molecule has 0 saturated carbocycles. The number of carbonyl (C=O) groups is 1. The highest BCUT2D eigenvalue weighted by Gasteiger charge is 2.18. The third kappa shape index (κ3) is 2.75. The molecule has 0 radical (unpaired) electrons. The van der Waals surface area contributed by atoms with Gasteiger partial charge in [-0.1, -0.05) is 28.1 Å². The first kappa shape index (κ1) is 13.1. The van der Waals surface area contributed by atoms with Crippen molar-refractivity contribution in [2.75, 3.05) is 25.1 Å². The zero-order valence-electron chi connectivity index (χ0n) is 10.6. The Labute approximate surface area is 116 Å². The number of anilines is 1. The van der Waals surface area contributed by atoms with E-state index in [9.17, 15) is 4.79 Å². The van der Waals surface area contributed by atoms with Crippen LogP contribution in [0.25, 0.3) is 0 Å². The average molecular weight is 310 g/mol. The predicted molar refractivity (Wildman–Crippen MR) is 75.8 cm³/mol. The number of esters is 1. The van der Waals surface area contributed by atoms with E-state index in [0.29, 0.717) is 0 Å². The second-order valence-electron chi connectivity index (χ2n) is 4.35. The quantitative estimate of drug-likeness (QED) is 0.786. The van der Waals surface area contributed by atoms with Crippen LogP contribution in [-0.2, 0) is 9.53 Å². The van der Waals surface area contributed by atoms with Gasteiger partial charge < -0.3 is 9.64 Å². The van der Waals surface area contributed by atoms with Gasteiger partial charge in [-0.15, -0.1) is 0 Å². The molecule has 0 atom stereocenters. The molecule has 1 aliphatic heterocycles. The lowest BCUT2D eigenvalue weighted by Gasteiger charge is -2.29. The van der Waals surface area contributed by atoms with E-state index in [4.69, 9.17) is 4.74 Å². The second-order valence-corrected chi connectivity index (χ2v) is 5.26. The van der Waals surface area contributed by atoms with E-state index in [1.54, 1.807) is 0 Å². The normalized spacial score (nSPS) is 15.3. The van der Waals surface area contributed by atoms with Crippen LogP contribution < -0.4 is 4.90 Å². The van der Waals surface area contributed by atoms with Crippen molar-refractivity contribution in [1.29, 1.82) is 0 Å². The van der Waals surface area contributed by atoms with Gasteiger partial charge in [-0.05, 0) is 31.0 Å². The standard InChI is InChI=1S/C14H16BrNO2/c1-10-3-4-12(15)9-13(10)16-7-5-11(6-8-16)14(17)18-2/h3-5,9H,6-8H2,1-2H3. The van der Waals surface area contributed by atoms with E-state index in [2.05, 4.69) is 39.9 Å². The number of ether oxygens (including phenoxy) is 1. The fraction of sp³-hybridized carbons (Fsp3) is 0.357. The summed E-state index contributed by atoms with van der Waals surface area (Å²) in [4.78, 5) is 13.7. The molecule has 0 bridgehead atoms. The van der Waals surface area contributed by atoms with E-state index < -0.39 is 0 Å². The van der Waals surface area contributed by atoms with Crippen molar-refractivity contribution in [2.45, 2.75) is 13.3 Å². The van der Waals surface area contributed by atoms with Crippen LogP contribution >= 0.6 is 15.9 Å². The lowest BCUT2D eigenvalue weighted by molar-refractivity contribution is -0.136. The van der Waals surface area contributed by atoms with Gasteiger partial charge in [0.25, 0.3) is 0 Å². The molecular weight excluding hydrogens is 294 g/mol. The topological polar surface area (TPSA) is 29.5 Å². The minimum Gasteiger partial charge on any atom is -0.466 e. The summed E-state index contributed by atoms with van der Waals surface area (Å²) in [7, 11) is 1.42. The maximum Gasteiger partial charge on any atom is 0.333 e. The summed E-state index contributed by atoms with van der Waals surface area (Å²) in [6.07, 6.45) is 2.69. The molecule has 0 aromatic heterocycles. The summed E-state index contributed by atoms with van der Waals surface area (Å²) in [5.41, 5.74) is 3.24. The number of methoxy groups -OCH3 is 1. The Kier molecular flexibility index (Phi) is 4.07. The summed E-state index contributed by atoms with van der Waals surface area (Å²) < 4.78 is 5.82. The molecule has 0 unspecified atom stereocenters. The number of hydrogen-bond acceptors (Lipinski definition) is 3. The van der Waals surface area contributed by atoms with Crippen molar-refractivity contribution < 1.29 is 9.53 Å². The number of benzene rings is 1. The molecule has 1 heterocycles.